The molecule has 0 aliphatic heterocycles. The first-order valence-electron chi connectivity index (χ1n) is 3.79. The van der Waals surface area contributed by atoms with Gasteiger partial charge in [-0.1, -0.05) is 5.92 Å². The van der Waals surface area contributed by atoms with Crippen molar-refractivity contribution >= 4 is 5.69 Å². The van der Waals surface area contributed by atoms with E-state index in [-0.39, 0.29) is 0 Å². The highest BCUT2D eigenvalue weighted by Crippen LogP contribution is 2.37. The number of halogens is 4. The summed E-state index contributed by atoms with van der Waals surface area (Å²) in [5.41, 5.74) is -3.84. The highest BCUT2D eigenvalue weighted by Gasteiger charge is 2.39. The molecule has 0 aliphatic carbocycles. The predicted molar refractivity (Wildman–Crippen MR) is 46.0 cm³/mol. The van der Waals surface area contributed by atoms with Gasteiger partial charge >= 0.3 is 6.18 Å². The third-order valence-electron chi connectivity index (χ3n) is 1.76. The number of nitro benzene ring substituents is 1. The molecule has 1 aromatic rings. The van der Waals surface area contributed by atoms with Crippen LogP contribution in [0.2, 0.25) is 0 Å². The maximum Gasteiger partial charge on any atom is 0.420 e. The zero-order chi connectivity index (χ0) is 12.5. The molecule has 0 saturated heterocycles. The smallest absolute Gasteiger partial charge is 0.258 e. The molecule has 0 atom stereocenters. The second-order valence-electron chi connectivity index (χ2n) is 2.72. The van der Waals surface area contributed by atoms with Crippen molar-refractivity contribution in [3.63, 3.8) is 0 Å². The minimum absolute atomic E-state index is 0.363. The van der Waals surface area contributed by atoms with Gasteiger partial charge < -0.3 is 0 Å². The van der Waals surface area contributed by atoms with Gasteiger partial charge in [0.2, 0.25) is 0 Å². The minimum Gasteiger partial charge on any atom is -0.258 e. The SMILES string of the molecule is C#Cc1c([N+](=O)[O-])ccc(F)c1C(F)(F)F. The second-order valence-corrected chi connectivity index (χ2v) is 2.72. The zero-order valence-corrected chi connectivity index (χ0v) is 7.51. The molecule has 0 aromatic heterocycles. The molecule has 1 aromatic carbocycles. The Balaban J connectivity index is 3.66. The van der Waals surface area contributed by atoms with Gasteiger partial charge in [-0.3, -0.25) is 10.1 Å². The van der Waals surface area contributed by atoms with Gasteiger partial charge in [0.1, 0.15) is 16.9 Å². The Morgan fingerprint density at radius 3 is 2.31 bits per heavy atom. The lowest BCUT2D eigenvalue weighted by atomic mass is 10.0. The summed E-state index contributed by atoms with van der Waals surface area (Å²) in [7, 11) is 0. The van der Waals surface area contributed by atoms with Crippen molar-refractivity contribution in [2.24, 2.45) is 0 Å². The van der Waals surface area contributed by atoms with Crippen LogP contribution in [0.1, 0.15) is 11.1 Å². The Morgan fingerprint density at radius 2 is 1.94 bits per heavy atom. The van der Waals surface area contributed by atoms with Gasteiger partial charge in [0.05, 0.1) is 4.92 Å². The van der Waals surface area contributed by atoms with E-state index in [1.165, 1.54) is 5.92 Å². The van der Waals surface area contributed by atoms with Crippen molar-refractivity contribution < 1.29 is 22.5 Å². The summed E-state index contributed by atoms with van der Waals surface area (Å²) >= 11 is 0. The highest BCUT2D eigenvalue weighted by atomic mass is 19.4. The van der Waals surface area contributed by atoms with Crippen LogP contribution in [-0.2, 0) is 6.18 Å². The van der Waals surface area contributed by atoms with Crippen molar-refractivity contribution in [2.45, 2.75) is 6.18 Å². The minimum atomic E-state index is -5.07. The van der Waals surface area contributed by atoms with Crippen molar-refractivity contribution in [2.75, 3.05) is 0 Å². The second kappa shape index (κ2) is 3.81. The average Bonchev–Trinajstić information content (AvgIpc) is 2.14. The number of nitrogens with zero attached hydrogens (tertiary/aromatic N) is 1. The first-order valence-corrected chi connectivity index (χ1v) is 3.79. The molecule has 84 valence electrons. The van der Waals surface area contributed by atoms with Crippen LogP contribution in [0.5, 0.6) is 0 Å². The molecule has 0 saturated carbocycles. The molecule has 0 radical (unpaired) electrons. The van der Waals surface area contributed by atoms with E-state index in [4.69, 9.17) is 6.42 Å². The van der Waals surface area contributed by atoms with Crippen LogP contribution in [0.4, 0.5) is 23.2 Å². The molecule has 0 heterocycles. The maximum absolute atomic E-state index is 12.9. The fourth-order valence-corrected chi connectivity index (χ4v) is 1.14. The third-order valence-corrected chi connectivity index (χ3v) is 1.76. The highest BCUT2D eigenvalue weighted by molar-refractivity contribution is 5.56. The first-order chi connectivity index (χ1) is 7.29. The Kier molecular flexibility index (Phi) is 2.85. The molecule has 3 nitrogen and oxygen atoms in total. The topological polar surface area (TPSA) is 43.1 Å². The van der Waals surface area contributed by atoms with Crippen molar-refractivity contribution in [3.05, 3.63) is 39.2 Å². The van der Waals surface area contributed by atoms with Gasteiger partial charge in [0.15, 0.2) is 0 Å². The van der Waals surface area contributed by atoms with E-state index >= 15 is 0 Å². The van der Waals surface area contributed by atoms with Gasteiger partial charge in [-0.25, -0.2) is 4.39 Å². The van der Waals surface area contributed by atoms with Crippen LogP contribution in [0, 0.1) is 28.3 Å². The van der Waals surface area contributed by atoms with Gasteiger partial charge in [0.25, 0.3) is 5.69 Å². The van der Waals surface area contributed by atoms with Crippen LogP contribution in [0.15, 0.2) is 12.1 Å². The van der Waals surface area contributed by atoms with Gasteiger partial charge in [-0.15, -0.1) is 6.42 Å². The van der Waals surface area contributed by atoms with Crippen LogP contribution in [0.25, 0.3) is 0 Å². The molecule has 0 aliphatic rings. The lowest BCUT2D eigenvalue weighted by Crippen LogP contribution is -2.12. The van der Waals surface area contributed by atoms with Crippen molar-refractivity contribution in [3.8, 4) is 12.3 Å². The van der Waals surface area contributed by atoms with Gasteiger partial charge in [-0.05, 0) is 6.07 Å². The molecular weight excluding hydrogens is 230 g/mol. The van der Waals surface area contributed by atoms with E-state index in [0.29, 0.717) is 12.1 Å². The zero-order valence-electron chi connectivity index (χ0n) is 7.51. The number of alkyl halides is 3. The molecule has 0 N–H and O–H groups in total. The number of rotatable bonds is 1. The first kappa shape index (κ1) is 12.0. The molecule has 0 bridgehead atoms. The Morgan fingerprint density at radius 1 is 1.38 bits per heavy atom. The summed E-state index contributed by atoms with van der Waals surface area (Å²) in [4.78, 5) is 9.30. The fraction of sp³-hybridized carbons (Fsp3) is 0.111. The number of nitro groups is 1. The Hall–Kier alpha value is -2.10. The number of terminal acetylenes is 1. The molecule has 1 rings (SSSR count). The molecule has 7 heteroatoms. The van der Waals surface area contributed by atoms with E-state index in [2.05, 4.69) is 0 Å². The van der Waals surface area contributed by atoms with E-state index in [9.17, 15) is 27.7 Å². The lowest BCUT2D eigenvalue weighted by molar-refractivity contribution is -0.385. The molecule has 0 spiro atoms. The van der Waals surface area contributed by atoms with Crippen LogP contribution >= 0.6 is 0 Å². The van der Waals surface area contributed by atoms with E-state index < -0.39 is 33.7 Å². The quantitative estimate of drug-likeness (QED) is 0.324. The van der Waals surface area contributed by atoms with Gasteiger partial charge in [0, 0.05) is 6.07 Å². The number of hydrogen-bond acceptors (Lipinski definition) is 2. The molecule has 0 amide bonds. The number of hydrogen-bond donors (Lipinski definition) is 0. The average molecular weight is 233 g/mol. The normalized spacial score (nSPS) is 10.9. The summed E-state index contributed by atoms with van der Waals surface area (Å²) in [5.74, 6) is -0.142. The molecule has 0 unspecified atom stereocenters. The largest absolute Gasteiger partial charge is 0.420 e. The summed E-state index contributed by atoms with van der Waals surface area (Å²) in [6.07, 6.45) is -0.338. The fourth-order valence-electron chi connectivity index (χ4n) is 1.14. The monoisotopic (exact) mass is 233 g/mol. The van der Waals surface area contributed by atoms with Gasteiger partial charge in [-0.2, -0.15) is 13.2 Å². The summed E-state index contributed by atoms with van der Waals surface area (Å²) in [5, 5.41) is 10.4. The molecule has 0 fully saturated rings. The van der Waals surface area contributed by atoms with Crippen molar-refractivity contribution in [1.82, 2.24) is 0 Å². The maximum atomic E-state index is 12.9. The molecule has 16 heavy (non-hydrogen) atoms. The summed E-state index contributed by atoms with van der Waals surface area (Å²) < 4.78 is 50.1. The molecular formula is C9H3F4NO2. The summed E-state index contributed by atoms with van der Waals surface area (Å²) in [6.45, 7) is 0. The van der Waals surface area contributed by atoms with E-state index in [0.717, 1.165) is 0 Å². The summed E-state index contributed by atoms with van der Waals surface area (Å²) in [6, 6.07) is 0.960. The van der Waals surface area contributed by atoms with E-state index in [1.807, 2.05) is 0 Å². The third kappa shape index (κ3) is 1.95. The predicted octanol–water partition coefficient (Wildman–Crippen LogP) is 2.73. The van der Waals surface area contributed by atoms with Crippen LogP contribution < -0.4 is 0 Å². The lowest BCUT2D eigenvalue weighted by Gasteiger charge is -2.10. The standard InChI is InChI=1S/C9H3F4NO2/c1-2-5-7(14(15)16)4-3-6(10)8(5)9(11,12)13/h1,3-4H. The Labute approximate surface area is 86.8 Å². The van der Waals surface area contributed by atoms with Crippen molar-refractivity contribution in [1.29, 1.82) is 0 Å². The Bertz CT molecular complexity index is 488. The van der Waals surface area contributed by atoms with E-state index in [1.54, 1.807) is 0 Å². The van der Waals surface area contributed by atoms with Crippen LogP contribution in [0.3, 0.4) is 0 Å². The number of benzene rings is 1. The van der Waals surface area contributed by atoms with Crippen LogP contribution in [-0.4, -0.2) is 4.92 Å².